The fraction of sp³-hybridized carbons (Fsp3) is 0.417. The van der Waals surface area contributed by atoms with E-state index < -0.39 is 0 Å². The van der Waals surface area contributed by atoms with Gasteiger partial charge in [0.1, 0.15) is 17.7 Å². The Hall–Kier alpha value is -3.42. The van der Waals surface area contributed by atoms with Crippen molar-refractivity contribution in [1.82, 2.24) is 14.0 Å². The standard InChI is InChI=1S/C24H29N5O3/c1-14(2)20-23(32-6)26-19(22(27-20)31-5)13-16-8-10-17(21-25-11-12-29(16)21)18-9-7-15(3)28(4)24(18)30/h7-12,14,19-20H,13H2,1-6H3/t19-,20+/m0/s1. The molecule has 0 unspecified atom stereocenters. The first kappa shape index (κ1) is 21.8. The summed E-state index contributed by atoms with van der Waals surface area (Å²) < 4.78 is 14.8. The third-order valence-electron chi connectivity index (χ3n) is 6.02. The van der Waals surface area contributed by atoms with E-state index >= 15 is 0 Å². The number of imidazole rings is 1. The molecule has 3 aromatic heterocycles. The summed E-state index contributed by atoms with van der Waals surface area (Å²) in [6.45, 7) is 6.08. The molecule has 8 nitrogen and oxygen atoms in total. The molecule has 0 spiro atoms. The van der Waals surface area contributed by atoms with Gasteiger partial charge in [0.15, 0.2) is 0 Å². The second-order valence-electron chi connectivity index (χ2n) is 8.36. The summed E-state index contributed by atoms with van der Waals surface area (Å²) in [5, 5.41) is 0. The molecule has 1 aliphatic rings. The maximum absolute atomic E-state index is 12.9. The molecule has 0 radical (unpaired) electrons. The van der Waals surface area contributed by atoms with Crippen LogP contribution in [0.2, 0.25) is 0 Å². The third kappa shape index (κ3) is 3.70. The Morgan fingerprint density at radius 1 is 1.03 bits per heavy atom. The zero-order valence-electron chi connectivity index (χ0n) is 19.4. The summed E-state index contributed by atoms with van der Waals surface area (Å²) in [5.41, 5.74) is 4.00. The van der Waals surface area contributed by atoms with Crippen LogP contribution in [0.3, 0.4) is 0 Å². The van der Waals surface area contributed by atoms with Crippen LogP contribution in [0.25, 0.3) is 16.8 Å². The molecule has 4 rings (SSSR count). The van der Waals surface area contributed by atoms with Crippen molar-refractivity contribution in [2.75, 3.05) is 14.2 Å². The van der Waals surface area contributed by atoms with Crippen LogP contribution in [-0.4, -0.2) is 52.1 Å². The van der Waals surface area contributed by atoms with E-state index in [0.29, 0.717) is 23.8 Å². The number of aliphatic imine (C=N–C) groups is 2. The molecule has 8 heteroatoms. The van der Waals surface area contributed by atoms with Crippen molar-refractivity contribution >= 4 is 17.4 Å². The molecule has 4 heterocycles. The number of hydrogen-bond acceptors (Lipinski definition) is 6. The number of pyridine rings is 2. The highest BCUT2D eigenvalue weighted by atomic mass is 16.5. The van der Waals surface area contributed by atoms with E-state index in [0.717, 1.165) is 22.6 Å². The van der Waals surface area contributed by atoms with Gasteiger partial charge in [0, 0.05) is 42.8 Å². The molecule has 0 amide bonds. The number of hydrogen-bond donors (Lipinski definition) is 0. The van der Waals surface area contributed by atoms with Gasteiger partial charge < -0.3 is 18.4 Å². The Balaban J connectivity index is 1.75. The highest BCUT2D eigenvalue weighted by Gasteiger charge is 2.31. The Kier molecular flexibility index (Phi) is 5.86. The van der Waals surface area contributed by atoms with Gasteiger partial charge in [-0.3, -0.25) is 4.79 Å². The van der Waals surface area contributed by atoms with E-state index in [1.54, 1.807) is 32.0 Å². The minimum absolute atomic E-state index is 0.0437. The summed E-state index contributed by atoms with van der Waals surface area (Å²) in [6, 6.07) is 7.31. The second-order valence-corrected chi connectivity index (χ2v) is 8.36. The van der Waals surface area contributed by atoms with Crippen molar-refractivity contribution in [3.8, 4) is 11.1 Å². The molecule has 3 aromatic rings. The highest BCUT2D eigenvalue weighted by Crippen LogP contribution is 2.25. The predicted molar refractivity (Wildman–Crippen MR) is 126 cm³/mol. The first-order valence-corrected chi connectivity index (χ1v) is 10.7. The first-order valence-electron chi connectivity index (χ1n) is 10.7. The number of methoxy groups -OCH3 is 2. The van der Waals surface area contributed by atoms with Gasteiger partial charge in [0.25, 0.3) is 5.56 Å². The number of aromatic nitrogens is 3. The molecule has 2 atom stereocenters. The summed E-state index contributed by atoms with van der Waals surface area (Å²) >= 11 is 0. The van der Waals surface area contributed by atoms with E-state index in [4.69, 9.17) is 19.5 Å². The van der Waals surface area contributed by atoms with E-state index in [2.05, 4.69) is 18.8 Å². The zero-order chi connectivity index (χ0) is 23.0. The Bertz CT molecular complexity index is 1270. The van der Waals surface area contributed by atoms with E-state index in [9.17, 15) is 4.79 Å². The lowest BCUT2D eigenvalue weighted by Crippen LogP contribution is -2.38. The van der Waals surface area contributed by atoms with Crippen LogP contribution in [0.4, 0.5) is 0 Å². The lowest BCUT2D eigenvalue weighted by atomic mass is 10.0. The van der Waals surface area contributed by atoms with E-state index in [-0.39, 0.29) is 23.6 Å². The van der Waals surface area contributed by atoms with Crippen molar-refractivity contribution < 1.29 is 9.47 Å². The summed E-state index contributed by atoms with van der Waals surface area (Å²) in [5.74, 6) is 1.46. The molecule has 168 valence electrons. The van der Waals surface area contributed by atoms with Crippen molar-refractivity contribution in [3.63, 3.8) is 0 Å². The molecular formula is C24H29N5O3. The normalized spacial score (nSPS) is 18.6. The van der Waals surface area contributed by atoms with Crippen molar-refractivity contribution in [2.24, 2.45) is 23.0 Å². The maximum Gasteiger partial charge on any atom is 0.258 e. The monoisotopic (exact) mass is 435 g/mol. The van der Waals surface area contributed by atoms with Crippen LogP contribution in [0.5, 0.6) is 0 Å². The summed E-state index contributed by atoms with van der Waals surface area (Å²) in [6.07, 6.45) is 4.20. The van der Waals surface area contributed by atoms with Crippen molar-refractivity contribution in [3.05, 3.63) is 58.4 Å². The van der Waals surface area contributed by atoms with Crippen LogP contribution in [0.15, 0.2) is 51.4 Å². The van der Waals surface area contributed by atoms with Gasteiger partial charge in [0.2, 0.25) is 11.8 Å². The largest absolute Gasteiger partial charge is 0.483 e. The number of aryl methyl sites for hydroxylation is 1. The third-order valence-corrected chi connectivity index (χ3v) is 6.02. The molecule has 0 fully saturated rings. The highest BCUT2D eigenvalue weighted by molar-refractivity contribution is 5.94. The Morgan fingerprint density at radius 2 is 1.75 bits per heavy atom. The fourth-order valence-electron chi connectivity index (χ4n) is 4.07. The average Bonchev–Trinajstić information content (AvgIpc) is 3.28. The minimum atomic E-state index is -0.298. The molecule has 32 heavy (non-hydrogen) atoms. The quantitative estimate of drug-likeness (QED) is 0.631. The van der Waals surface area contributed by atoms with E-state index in [1.165, 1.54) is 0 Å². The van der Waals surface area contributed by atoms with Gasteiger partial charge in [-0.05, 0) is 37.1 Å². The minimum Gasteiger partial charge on any atom is -0.483 e. The van der Waals surface area contributed by atoms with Crippen LogP contribution in [0, 0.1) is 12.8 Å². The van der Waals surface area contributed by atoms with E-state index in [1.807, 2.05) is 41.8 Å². The van der Waals surface area contributed by atoms with Gasteiger partial charge in [-0.1, -0.05) is 13.8 Å². The predicted octanol–water partition coefficient (Wildman–Crippen LogP) is 3.05. The topological polar surface area (TPSA) is 82.5 Å². The number of nitrogens with zero attached hydrogens (tertiary/aromatic N) is 5. The molecule has 0 aliphatic carbocycles. The van der Waals surface area contributed by atoms with Gasteiger partial charge in [0.05, 0.1) is 19.8 Å². The van der Waals surface area contributed by atoms with Gasteiger partial charge >= 0.3 is 0 Å². The molecule has 0 aromatic carbocycles. The van der Waals surface area contributed by atoms with Crippen molar-refractivity contribution in [2.45, 2.75) is 39.3 Å². The molecule has 0 saturated heterocycles. The number of rotatable bonds is 4. The number of fused-ring (bicyclic) bond motifs is 1. The Labute approximate surface area is 187 Å². The van der Waals surface area contributed by atoms with Crippen LogP contribution >= 0.6 is 0 Å². The summed E-state index contributed by atoms with van der Waals surface area (Å²) in [4.78, 5) is 27.0. The average molecular weight is 436 g/mol. The van der Waals surface area contributed by atoms with Gasteiger partial charge in [-0.2, -0.15) is 0 Å². The fourth-order valence-corrected chi connectivity index (χ4v) is 4.07. The van der Waals surface area contributed by atoms with Crippen LogP contribution < -0.4 is 5.56 Å². The second kappa shape index (κ2) is 8.61. The maximum atomic E-state index is 12.9. The van der Waals surface area contributed by atoms with Gasteiger partial charge in [-0.25, -0.2) is 15.0 Å². The molecule has 0 bridgehead atoms. The number of ether oxygens (including phenoxy) is 2. The molecule has 0 N–H and O–H groups in total. The SMILES string of the molecule is COC1=N[C@H](C(C)C)C(OC)=N[C@H]1Cc1ccc(-c2ccc(C)n(C)c2=O)c2nccn12. The van der Waals surface area contributed by atoms with Crippen LogP contribution in [0.1, 0.15) is 25.2 Å². The van der Waals surface area contributed by atoms with Gasteiger partial charge in [-0.15, -0.1) is 0 Å². The Morgan fingerprint density at radius 3 is 2.44 bits per heavy atom. The van der Waals surface area contributed by atoms with Crippen molar-refractivity contribution in [1.29, 1.82) is 0 Å². The van der Waals surface area contributed by atoms with Crippen LogP contribution in [-0.2, 0) is 22.9 Å². The summed E-state index contributed by atoms with van der Waals surface area (Å²) in [7, 11) is 5.03. The first-order chi connectivity index (χ1) is 15.3. The molecule has 1 aliphatic heterocycles. The zero-order valence-corrected chi connectivity index (χ0v) is 19.4. The molecular weight excluding hydrogens is 406 g/mol. The lowest BCUT2D eigenvalue weighted by molar-refractivity contribution is 0.332. The molecule has 0 saturated carbocycles. The lowest BCUT2D eigenvalue weighted by Gasteiger charge is -2.27. The smallest absolute Gasteiger partial charge is 0.258 e.